The van der Waals surface area contributed by atoms with Crippen LogP contribution in [0.1, 0.15) is 21.9 Å². The smallest absolute Gasteiger partial charge is 0.240 e. The number of carbonyl (C=O) groups excluding carboxylic acids is 1. The zero-order valence-electron chi connectivity index (χ0n) is 9.63. The largest absolute Gasteiger partial charge is 0.481 e. The summed E-state index contributed by atoms with van der Waals surface area (Å²) in [6.45, 7) is 0. The fraction of sp³-hybridized carbons (Fsp3) is 0.167. The molecule has 2 aromatic heterocycles. The van der Waals surface area contributed by atoms with Crippen molar-refractivity contribution < 1.29 is 9.53 Å². The number of hydrogen-bond acceptors (Lipinski definition) is 5. The summed E-state index contributed by atoms with van der Waals surface area (Å²) >= 11 is 1.69. The highest BCUT2D eigenvalue weighted by molar-refractivity contribution is 14.1. The Kier molecular flexibility index (Phi) is 4.19. The van der Waals surface area contributed by atoms with Crippen LogP contribution in [0.25, 0.3) is 0 Å². The van der Waals surface area contributed by atoms with Crippen molar-refractivity contribution in [2.75, 3.05) is 7.11 Å². The van der Waals surface area contributed by atoms with E-state index in [9.17, 15) is 4.79 Å². The van der Waals surface area contributed by atoms with E-state index in [1.54, 1.807) is 35.0 Å². The minimum absolute atomic E-state index is 0.138. The van der Waals surface area contributed by atoms with Crippen molar-refractivity contribution in [1.82, 2.24) is 15.0 Å². The molecule has 0 spiro atoms. The van der Waals surface area contributed by atoms with E-state index < -0.39 is 0 Å². The standard InChI is InChI=1S/C12H10IN3O2/c1-18-11-6-9(12(13)17)15-10(16-11)5-8-3-2-4-14-7-8/h2-4,6-7H,5H2,1H3. The highest BCUT2D eigenvalue weighted by Crippen LogP contribution is 2.14. The summed E-state index contributed by atoms with van der Waals surface area (Å²) in [5.74, 6) is 0.936. The topological polar surface area (TPSA) is 65.0 Å². The highest BCUT2D eigenvalue weighted by atomic mass is 127. The second kappa shape index (κ2) is 5.85. The molecule has 0 N–H and O–H groups in total. The zero-order chi connectivity index (χ0) is 13.0. The molecule has 0 unspecified atom stereocenters. The van der Waals surface area contributed by atoms with Crippen molar-refractivity contribution in [3.8, 4) is 5.88 Å². The monoisotopic (exact) mass is 355 g/mol. The van der Waals surface area contributed by atoms with Gasteiger partial charge in [0, 0.05) is 47.5 Å². The first-order valence-corrected chi connectivity index (χ1v) is 6.27. The Balaban J connectivity index is 2.32. The van der Waals surface area contributed by atoms with Gasteiger partial charge in [-0.05, 0) is 11.6 Å². The molecule has 0 radical (unpaired) electrons. The minimum atomic E-state index is -0.138. The van der Waals surface area contributed by atoms with Crippen LogP contribution < -0.4 is 4.74 Å². The second-order valence-corrected chi connectivity index (χ2v) is 4.50. The molecule has 0 saturated carbocycles. The van der Waals surface area contributed by atoms with Crippen molar-refractivity contribution in [2.45, 2.75) is 6.42 Å². The Labute approximate surface area is 118 Å². The van der Waals surface area contributed by atoms with Gasteiger partial charge in [0.2, 0.25) is 9.67 Å². The van der Waals surface area contributed by atoms with Crippen LogP contribution in [0.3, 0.4) is 0 Å². The number of halogens is 1. The summed E-state index contributed by atoms with van der Waals surface area (Å²) in [6.07, 6.45) is 3.96. The van der Waals surface area contributed by atoms with Crippen LogP contribution in [-0.2, 0) is 6.42 Å². The van der Waals surface area contributed by atoms with E-state index in [1.807, 2.05) is 12.1 Å². The maximum Gasteiger partial charge on any atom is 0.240 e. The van der Waals surface area contributed by atoms with Crippen molar-refractivity contribution in [1.29, 1.82) is 0 Å². The Hall–Kier alpha value is -1.57. The third-order valence-electron chi connectivity index (χ3n) is 2.24. The molecule has 0 fully saturated rings. The number of carbonyl (C=O) groups is 1. The van der Waals surface area contributed by atoms with Gasteiger partial charge in [0.05, 0.1) is 7.11 Å². The molecule has 5 nitrogen and oxygen atoms in total. The van der Waals surface area contributed by atoms with Crippen molar-refractivity contribution >= 4 is 26.4 Å². The van der Waals surface area contributed by atoms with Crippen LogP contribution >= 0.6 is 22.6 Å². The quantitative estimate of drug-likeness (QED) is 0.621. The van der Waals surface area contributed by atoms with Gasteiger partial charge in [-0.25, -0.2) is 4.98 Å². The normalized spacial score (nSPS) is 10.1. The average Bonchev–Trinajstić information content (AvgIpc) is 2.39. The number of nitrogens with zero attached hydrogens (tertiary/aromatic N) is 3. The number of rotatable bonds is 4. The third kappa shape index (κ3) is 3.22. The molecular formula is C12H10IN3O2. The molecule has 6 heteroatoms. The summed E-state index contributed by atoms with van der Waals surface area (Å²) in [7, 11) is 1.51. The first-order chi connectivity index (χ1) is 8.69. The summed E-state index contributed by atoms with van der Waals surface area (Å²) in [5, 5.41) is 0. The molecule has 2 rings (SSSR count). The predicted octanol–water partition coefficient (Wildman–Crippen LogP) is 2.05. The van der Waals surface area contributed by atoms with Gasteiger partial charge in [-0.2, -0.15) is 4.98 Å². The lowest BCUT2D eigenvalue weighted by molar-refractivity contribution is 0.110. The number of aromatic nitrogens is 3. The molecule has 0 aromatic carbocycles. The lowest BCUT2D eigenvalue weighted by Crippen LogP contribution is -2.04. The zero-order valence-corrected chi connectivity index (χ0v) is 11.8. The van der Waals surface area contributed by atoms with Crippen molar-refractivity contribution in [2.24, 2.45) is 0 Å². The van der Waals surface area contributed by atoms with Crippen LogP contribution in [0.2, 0.25) is 0 Å². The number of hydrogen-bond donors (Lipinski definition) is 0. The average molecular weight is 355 g/mol. The van der Waals surface area contributed by atoms with Crippen LogP contribution in [0.5, 0.6) is 5.88 Å². The fourth-order valence-corrected chi connectivity index (χ4v) is 1.72. The Bertz CT molecular complexity index is 561. The van der Waals surface area contributed by atoms with Gasteiger partial charge >= 0.3 is 0 Å². The molecular weight excluding hydrogens is 345 g/mol. The summed E-state index contributed by atoms with van der Waals surface area (Å²) in [4.78, 5) is 23.8. The Morgan fingerprint density at radius 3 is 2.89 bits per heavy atom. The fourth-order valence-electron chi connectivity index (χ4n) is 1.44. The summed E-state index contributed by atoms with van der Waals surface area (Å²) in [6, 6.07) is 5.31. The maximum atomic E-state index is 11.3. The number of methoxy groups -OCH3 is 1. The van der Waals surface area contributed by atoms with Crippen LogP contribution in [0.4, 0.5) is 0 Å². The van der Waals surface area contributed by atoms with E-state index in [4.69, 9.17) is 4.74 Å². The van der Waals surface area contributed by atoms with Crippen molar-refractivity contribution in [3.05, 3.63) is 47.7 Å². The molecule has 0 bridgehead atoms. The molecule has 0 atom stereocenters. The third-order valence-corrected chi connectivity index (χ3v) is 2.80. The molecule has 0 aliphatic heterocycles. The van der Waals surface area contributed by atoms with Crippen LogP contribution in [0, 0.1) is 0 Å². The van der Waals surface area contributed by atoms with Gasteiger partial charge in [-0.15, -0.1) is 0 Å². The summed E-state index contributed by atoms with van der Waals surface area (Å²) < 4.78 is 4.92. The Morgan fingerprint density at radius 1 is 1.44 bits per heavy atom. The molecule has 0 aliphatic carbocycles. The maximum absolute atomic E-state index is 11.3. The first-order valence-electron chi connectivity index (χ1n) is 5.19. The molecule has 0 amide bonds. The second-order valence-electron chi connectivity index (χ2n) is 3.52. The molecule has 18 heavy (non-hydrogen) atoms. The van der Waals surface area contributed by atoms with Gasteiger partial charge in [0.1, 0.15) is 11.5 Å². The van der Waals surface area contributed by atoms with E-state index in [0.717, 1.165) is 5.56 Å². The van der Waals surface area contributed by atoms with Crippen LogP contribution in [0.15, 0.2) is 30.6 Å². The SMILES string of the molecule is COc1cc(C(=O)I)nc(Cc2cccnc2)n1. The van der Waals surface area contributed by atoms with Gasteiger partial charge in [-0.3, -0.25) is 9.78 Å². The predicted molar refractivity (Wildman–Crippen MR) is 74.0 cm³/mol. The molecule has 2 aromatic rings. The lowest BCUT2D eigenvalue weighted by Gasteiger charge is -2.05. The number of pyridine rings is 1. The van der Waals surface area contributed by atoms with E-state index >= 15 is 0 Å². The molecule has 0 aliphatic rings. The lowest BCUT2D eigenvalue weighted by atomic mass is 10.2. The molecule has 0 saturated heterocycles. The van der Waals surface area contributed by atoms with Gasteiger partial charge in [0.15, 0.2) is 0 Å². The van der Waals surface area contributed by atoms with Crippen molar-refractivity contribution in [3.63, 3.8) is 0 Å². The first kappa shape index (κ1) is 12.9. The number of ether oxygens (including phenoxy) is 1. The Morgan fingerprint density at radius 2 is 2.28 bits per heavy atom. The highest BCUT2D eigenvalue weighted by Gasteiger charge is 2.10. The van der Waals surface area contributed by atoms with E-state index in [2.05, 4.69) is 15.0 Å². The van der Waals surface area contributed by atoms with Gasteiger partial charge < -0.3 is 4.74 Å². The minimum Gasteiger partial charge on any atom is -0.481 e. The van der Waals surface area contributed by atoms with E-state index in [-0.39, 0.29) is 3.79 Å². The molecule has 2 heterocycles. The van der Waals surface area contributed by atoms with Gasteiger partial charge in [-0.1, -0.05) is 6.07 Å². The molecule has 92 valence electrons. The van der Waals surface area contributed by atoms with E-state index in [0.29, 0.717) is 23.8 Å². The summed E-state index contributed by atoms with van der Waals surface area (Å²) in [5.41, 5.74) is 1.33. The van der Waals surface area contributed by atoms with E-state index in [1.165, 1.54) is 13.2 Å². The van der Waals surface area contributed by atoms with Gasteiger partial charge in [0.25, 0.3) is 0 Å². The van der Waals surface area contributed by atoms with Crippen LogP contribution in [-0.4, -0.2) is 25.9 Å².